The zero-order chi connectivity index (χ0) is 27.8. The summed E-state index contributed by atoms with van der Waals surface area (Å²) in [6, 6.07) is 16.1. The number of hydrogen-bond acceptors (Lipinski definition) is 7. The second-order valence-corrected chi connectivity index (χ2v) is 10.4. The number of aromatic nitrogens is 3. The molecule has 4 heterocycles. The number of fused-ring (bicyclic) bond motifs is 4. The fourth-order valence-electron chi connectivity index (χ4n) is 5.53. The molecule has 0 radical (unpaired) electrons. The van der Waals surface area contributed by atoms with E-state index in [0.29, 0.717) is 18.0 Å². The number of ether oxygens (including phenoxy) is 1. The van der Waals surface area contributed by atoms with Crippen molar-refractivity contribution in [2.45, 2.75) is 13.0 Å². The van der Waals surface area contributed by atoms with E-state index in [4.69, 9.17) is 4.74 Å². The molecule has 0 aliphatic carbocycles. The Bertz CT molecular complexity index is 1590. The van der Waals surface area contributed by atoms with Gasteiger partial charge >= 0.3 is 0 Å². The van der Waals surface area contributed by atoms with Crippen molar-refractivity contribution < 1.29 is 14.3 Å². The van der Waals surface area contributed by atoms with Gasteiger partial charge in [0.15, 0.2) is 5.69 Å². The van der Waals surface area contributed by atoms with E-state index in [1.165, 1.54) is 4.90 Å². The fraction of sp³-hybridized carbons (Fsp3) is 0.333. The number of nitrogens with one attached hydrogen (secondary N) is 1. The van der Waals surface area contributed by atoms with Crippen LogP contribution in [0.2, 0.25) is 0 Å². The zero-order valence-electron chi connectivity index (χ0n) is 23.1. The number of carbonyl (C=O) groups excluding carboxylic acids is 2. The molecule has 1 N–H and O–H groups in total. The number of para-hydroxylation sites is 1. The molecular weight excluding hydrogens is 506 g/mol. The van der Waals surface area contributed by atoms with Gasteiger partial charge < -0.3 is 19.9 Å². The van der Waals surface area contributed by atoms with Gasteiger partial charge in [0.05, 0.1) is 16.9 Å². The number of piperazine rings is 1. The van der Waals surface area contributed by atoms with Crippen LogP contribution >= 0.6 is 0 Å². The van der Waals surface area contributed by atoms with Crippen molar-refractivity contribution in [2.75, 3.05) is 58.8 Å². The van der Waals surface area contributed by atoms with E-state index >= 15 is 0 Å². The highest BCUT2D eigenvalue weighted by Gasteiger charge is 2.27. The Morgan fingerprint density at radius 1 is 1.00 bits per heavy atom. The molecular formula is C30H33N7O3. The third kappa shape index (κ3) is 4.64. The summed E-state index contributed by atoms with van der Waals surface area (Å²) in [5.41, 5.74) is 5.72. The molecule has 0 unspecified atom stereocenters. The van der Waals surface area contributed by atoms with Crippen LogP contribution in [0.25, 0.3) is 16.6 Å². The summed E-state index contributed by atoms with van der Waals surface area (Å²) in [4.78, 5) is 39.9. The third-order valence-electron chi connectivity index (χ3n) is 7.74. The van der Waals surface area contributed by atoms with Crippen LogP contribution < -0.4 is 15.0 Å². The van der Waals surface area contributed by atoms with Gasteiger partial charge in [0.2, 0.25) is 0 Å². The highest BCUT2D eigenvalue weighted by molar-refractivity contribution is 5.98. The molecule has 10 heteroatoms. The molecule has 0 atom stereocenters. The second-order valence-electron chi connectivity index (χ2n) is 10.4. The van der Waals surface area contributed by atoms with Gasteiger partial charge in [-0.15, -0.1) is 0 Å². The van der Waals surface area contributed by atoms with Gasteiger partial charge in [-0.2, -0.15) is 0 Å². The van der Waals surface area contributed by atoms with Crippen molar-refractivity contribution in [3.05, 3.63) is 77.5 Å². The van der Waals surface area contributed by atoms with Gasteiger partial charge in [-0.1, -0.05) is 18.2 Å². The first-order chi connectivity index (χ1) is 19.4. The first kappa shape index (κ1) is 25.8. The van der Waals surface area contributed by atoms with Crippen LogP contribution in [0.1, 0.15) is 32.2 Å². The number of nitrogens with zero attached hydrogens (tertiary/aromatic N) is 6. The quantitative estimate of drug-likeness (QED) is 0.403. The standard InChI is InChI=1S/C30H33N7O3/c1-31-29(38)23-11-10-21-22(33-23)7-5-8-24(21)36-16-14-35(15-17-36)13-12-20-6-4-9-25-28(20)40-18-26-27(30(39)34(2)3)32-19-37(25)26/h4-11,19H,12-18H2,1-3H3,(H,31,38). The minimum Gasteiger partial charge on any atom is -0.485 e. The minimum absolute atomic E-state index is 0.121. The average Bonchev–Trinajstić information content (AvgIpc) is 3.43. The molecule has 2 aromatic heterocycles. The minimum atomic E-state index is -0.180. The lowest BCUT2D eigenvalue weighted by atomic mass is 10.1. The van der Waals surface area contributed by atoms with Crippen LogP contribution in [-0.2, 0) is 13.0 Å². The monoisotopic (exact) mass is 539 g/mol. The molecule has 1 fully saturated rings. The van der Waals surface area contributed by atoms with Crippen molar-refractivity contribution in [1.29, 1.82) is 0 Å². The maximum absolute atomic E-state index is 12.5. The van der Waals surface area contributed by atoms with Crippen LogP contribution in [0.5, 0.6) is 5.75 Å². The highest BCUT2D eigenvalue weighted by atomic mass is 16.5. The Morgan fingerprint density at radius 2 is 1.77 bits per heavy atom. The lowest BCUT2D eigenvalue weighted by molar-refractivity contribution is 0.0818. The number of imidazole rings is 1. The number of carbonyl (C=O) groups is 2. The number of benzene rings is 2. The van der Waals surface area contributed by atoms with E-state index in [9.17, 15) is 9.59 Å². The first-order valence-electron chi connectivity index (χ1n) is 13.6. The number of amides is 2. The zero-order valence-corrected chi connectivity index (χ0v) is 23.1. The SMILES string of the molecule is CNC(=O)c1ccc2c(N3CCN(CCc4cccc5c4OCc4c(C(=O)N(C)C)ncn4-5)CC3)cccc2n1. The molecule has 0 saturated carbocycles. The molecule has 6 rings (SSSR count). The summed E-state index contributed by atoms with van der Waals surface area (Å²) in [6.45, 7) is 5.00. The van der Waals surface area contributed by atoms with Gasteiger partial charge in [-0.25, -0.2) is 9.97 Å². The Balaban J connectivity index is 1.12. The lowest BCUT2D eigenvalue weighted by Gasteiger charge is -2.36. The first-order valence-corrected chi connectivity index (χ1v) is 13.6. The summed E-state index contributed by atoms with van der Waals surface area (Å²) in [5, 5.41) is 3.70. The molecule has 40 heavy (non-hydrogen) atoms. The summed E-state index contributed by atoms with van der Waals surface area (Å²) in [5.74, 6) is 0.569. The van der Waals surface area contributed by atoms with E-state index in [1.807, 2.05) is 34.9 Å². The molecule has 4 aromatic rings. The van der Waals surface area contributed by atoms with E-state index in [-0.39, 0.29) is 11.8 Å². The maximum atomic E-state index is 12.5. The van der Waals surface area contributed by atoms with Gasteiger partial charge in [-0.3, -0.25) is 19.1 Å². The molecule has 206 valence electrons. The number of hydrogen-bond donors (Lipinski definition) is 1. The van der Waals surface area contributed by atoms with E-state index < -0.39 is 0 Å². The van der Waals surface area contributed by atoms with Crippen LogP contribution in [-0.4, -0.2) is 90.0 Å². The van der Waals surface area contributed by atoms with Crippen LogP contribution in [0, 0.1) is 0 Å². The van der Waals surface area contributed by atoms with Crippen LogP contribution in [0.4, 0.5) is 5.69 Å². The predicted octanol–water partition coefficient (Wildman–Crippen LogP) is 2.74. The van der Waals surface area contributed by atoms with Gasteiger partial charge in [0, 0.05) is 64.9 Å². The van der Waals surface area contributed by atoms with E-state index in [1.54, 1.807) is 33.5 Å². The molecule has 0 bridgehead atoms. The van der Waals surface area contributed by atoms with Gasteiger partial charge in [0.1, 0.15) is 24.4 Å². The van der Waals surface area contributed by atoms with Gasteiger partial charge in [-0.05, 0) is 42.3 Å². The van der Waals surface area contributed by atoms with Crippen LogP contribution in [0.15, 0.2) is 54.9 Å². The largest absolute Gasteiger partial charge is 0.485 e. The third-order valence-corrected chi connectivity index (χ3v) is 7.74. The van der Waals surface area contributed by atoms with Crippen molar-refractivity contribution >= 4 is 28.4 Å². The Kier molecular flexibility index (Phi) is 6.85. The number of anilines is 1. The predicted molar refractivity (Wildman–Crippen MR) is 153 cm³/mol. The fourth-order valence-corrected chi connectivity index (χ4v) is 5.53. The summed E-state index contributed by atoms with van der Waals surface area (Å²) < 4.78 is 8.19. The molecule has 2 aliphatic rings. The Hall–Kier alpha value is -4.44. The Morgan fingerprint density at radius 3 is 2.55 bits per heavy atom. The molecule has 2 aliphatic heterocycles. The molecule has 2 aromatic carbocycles. The molecule has 2 amide bonds. The normalized spacial score (nSPS) is 14.8. The van der Waals surface area contributed by atoms with Crippen molar-refractivity contribution in [1.82, 2.24) is 29.7 Å². The summed E-state index contributed by atoms with van der Waals surface area (Å²) >= 11 is 0. The van der Waals surface area contributed by atoms with Crippen molar-refractivity contribution in [2.24, 2.45) is 0 Å². The topological polar surface area (TPSA) is 95.8 Å². The van der Waals surface area contributed by atoms with Crippen molar-refractivity contribution in [3.63, 3.8) is 0 Å². The van der Waals surface area contributed by atoms with Gasteiger partial charge in [0.25, 0.3) is 11.8 Å². The summed E-state index contributed by atoms with van der Waals surface area (Å²) in [6.07, 6.45) is 2.59. The Labute approximate surface area is 233 Å². The number of rotatable bonds is 6. The van der Waals surface area contributed by atoms with E-state index in [0.717, 1.165) is 78.4 Å². The molecule has 0 spiro atoms. The second kappa shape index (κ2) is 10.6. The molecule has 10 nitrogen and oxygen atoms in total. The van der Waals surface area contributed by atoms with E-state index in [2.05, 4.69) is 37.2 Å². The number of pyridine rings is 1. The molecule has 1 saturated heterocycles. The van der Waals surface area contributed by atoms with Crippen LogP contribution in [0.3, 0.4) is 0 Å². The van der Waals surface area contributed by atoms with Crippen molar-refractivity contribution in [3.8, 4) is 11.4 Å². The average molecular weight is 540 g/mol. The highest BCUT2D eigenvalue weighted by Crippen LogP contribution is 2.35. The maximum Gasteiger partial charge on any atom is 0.273 e. The summed E-state index contributed by atoms with van der Waals surface area (Å²) in [7, 11) is 5.07. The lowest BCUT2D eigenvalue weighted by Crippen LogP contribution is -2.47. The smallest absolute Gasteiger partial charge is 0.273 e.